The summed E-state index contributed by atoms with van der Waals surface area (Å²) in [5.74, 6) is 1.41. The Hall–Kier alpha value is -4.96. The van der Waals surface area contributed by atoms with Crippen molar-refractivity contribution in [3.63, 3.8) is 0 Å². The minimum atomic E-state index is 0.662. The molecule has 4 aromatic carbocycles. The van der Waals surface area contributed by atoms with Gasteiger partial charge in [0.2, 0.25) is 22.8 Å². The maximum Gasteiger partial charge on any atom is 0.231 e. The fourth-order valence-electron chi connectivity index (χ4n) is 9.82. The Morgan fingerprint density at radius 2 is 1.11 bits per heavy atom. The highest BCUT2D eigenvalue weighted by atomic mass is 15.0. The lowest BCUT2D eigenvalue weighted by Crippen LogP contribution is -2.36. The highest BCUT2D eigenvalue weighted by Crippen LogP contribution is 2.43. The average Bonchev–Trinajstić information content (AvgIpc) is 3.91. The lowest BCUT2D eigenvalue weighted by molar-refractivity contribution is -0.667. The molecule has 0 radical (unpaired) electrons. The summed E-state index contributed by atoms with van der Waals surface area (Å²) in [6.07, 6.45) is 12.7. The first-order chi connectivity index (χ1) is 26.4. The molecule has 1 fully saturated rings. The molecule has 280 valence electrons. The van der Waals surface area contributed by atoms with E-state index in [0.717, 1.165) is 30.9 Å². The van der Waals surface area contributed by atoms with Gasteiger partial charge in [-0.15, -0.1) is 0 Å². The standard InChI is InChI=1S/C26H29N2.C25H29N2/c1-16-12-17(2)18(3)22(13-16)25-15-27-26-21-11-7-10-20(19-8-5-6-9-19)23(21)14-24(26)28(25)4;1-15(2)10-19-8-7-9-20-22(19)13-23-25(20)26-14-24(27(23)6)21-12-16(3)11-17(4)18(21)5/h7,10-13,15,19H,5-6,8-9,14H2,1-4H3;7-9,11-12,14-15H,10,13H2,1-6H3/q2*+1. The van der Waals surface area contributed by atoms with E-state index in [9.17, 15) is 0 Å². The van der Waals surface area contributed by atoms with Crippen LogP contribution in [-0.4, -0.2) is 9.97 Å². The molecular formula is C51H58N4+2. The second-order valence-corrected chi connectivity index (χ2v) is 17.3. The van der Waals surface area contributed by atoms with E-state index in [1.54, 1.807) is 5.56 Å². The molecule has 3 aliphatic rings. The second kappa shape index (κ2) is 14.6. The fourth-order valence-corrected chi connectivity index (χ4v) is 9.82. The highest BCUT2D eigenvalue weighted by Gasteiger charge is 2.34. The smallest absolute Gasteiger partial charge is 0.231 e. The summed E-state index contributed by atoms with van der Waals surface area (Å²) >= 11 is 0. The van der Waals surface area contributed by atoms with Crippen molar-refractivity contribution in [1.29, 1.82) is 0 Å². The van der Waals surface area contributed by atoms with E-state index in [4.69, 9.17) is 9.97 Å². The molecule has 2 aromatic heterocycles. The fraction of sp³-hybridized carbons (Fsp3) is 0.373. The third kappa shape index (κ3) is 6.62. The summed E-state index contributed by atoms with van der Waals surface area (Å²) in [6.45, 7) is 17.8. The Bertz CT molecular complexity index is 2480. The van der Waals surface area contributed by atoms with Gasteiger partial charge in [-0.25, -0.2) is 9.97 Å². The number of hydrogen-bond donors (Lipinski definition) is 0. The lowest BCUT2D eigenvalue weighted by Gasteiger charge is -2.13. The minimum Gasteiger partial charge on any atom is -0.243 e. The van der Waals surface area contributed by atoms with Crippen molar-refractivity contribution in [3.05, 3.63) is 140 Å². The van der Waals surface area contributed by atoms with Gasteiger partial charge in [0.15, 0.2) is 0 Å². The molecule has 0 unspecified atom stereocenters. The van der Waals surface area contributed by atoms with Crippen molar-refractivity contribution in [1.82, 2.24) is 9.97 Å². The van der Waals surface area contributed by atoms with Crippen LogP contribution in [0, 0.1) is 47.5 Å². The maximum absolute atomic E-state index is 4.99. The van der Waals surface area contributed by atoms with Crippen LogP contribution in [0.5, 0.6) is 0 Å². The normalized spacial score (nSPS) is 14.1. The zero-order valence-corrected chi connectivity index (χ0v) is 34.8. The van der Waals surface area contributed by atoms with Gasteiger partial charge in [0, 0.05) is 11.1 Å². The van der Waals surface area contributed by atoms with Gasteiger partial charge in [-0.3, -0.25) is 0 Å². The number of fused-ring (bicyclic) bond motifs is 6. The highest BCUT2D eigenvalue weighted by molar-refractivity contribution is 5.75. The third-order valence-corrected chi connectivity index (χ3v) is 13.0. The van der Waals surface area contributed by atoms with Crippen LogP contribution < -0.4 is 9.13 Å². The van der Waals surface area contributed by atoms with Crippen LogP contribution >= 0.6 is 0 Å². The van der Waals surface area contributed by atoms with Crippen molar-refractivity contribution >= 4 is 0 Å². The summed E-state index contributed by atoms with van der Waals surface area (Å²) < 4.78 is 4.75. The van der Waals surface area contributed by atoms with E-state index in [-0.39, 0.29) is 0 Å². The van der Waals surface area contributed by atoms with Crippen LogP contribution in [-0.2, 0) is 33.4 Å². The van der Waals surface area contributed by atoms with Crippen molar-refractivity contribution in [3.8, 4) is 45.0 Å². The Morgan fingerprint density at radius 1 is 0.618 bits per heavy atom. The molecule has 55 heavy (non-hydrogen) atoms. The molecule has 1 saturated carbocycles. The lowest BCUT2D eigenvalue weighted by atomic mass is 9.90. The van der Waals surface area contributed by atoms with Crippen LogP contribution in [0.2, 0.25) is 0 Å². The number of nitrogens with zero attached hydrogens (tertiary/aromatic N) is 4. The van der Waals surface area contributed by atoms with Crippen LogP contribution in [0.1, 0.15) is 112 Å². The molecule has 2 heterocycles. The topological polar surface area (TPSA) is 33.5 Å². The molecular weight excluding hydrogens is 669 g/mol. The van der Waals surface area contributed by atoms with Gasteiger partial charge < -0.3 is 0 Å². The van der Waals surface area contributed by atoms with Crippen LogP contribution in [0.4, 0.5) is 0 Å². The average molecular weight is 727 g/mol. The molecule has 0 saturated heterocycles. The van der Waals surface area contributed by atoms with Gasteiger partial charge in [-0.05, 0) is 129 Å². The van der Waals surface area contributed by atoms with Crippen molar-refractivity contribution in [2.75, 3.05) is 0 Å². The molecule has 0 spiro atoms. The zero-order chi connectivity index (χ0) is 38.7. The first-order valence-electron chi connectivity index (χ1n) is 20.6. The minimum absolute atomic E-state index is 0.662. The molecule has 6 aromatic rings. The van der Waals surface area contributed by atoms with E-state index in [2.05, 4.69) is 152 Å². The van der Waals surface area contributed by atoms with E-state index in [0.29, 0.717) is 5.92 Å². The van der Waals surface area contributed by atoms with E-state index >= 15 is 0 Å². The molecule has 0 aliphatic heterocycles. The van der Waals surface area contributed by atoms with Gasteiger partial charge in [0.25, 0.3) is 0 Å². The molecule has 0 N–H and O–H groups in total. The van der Waals surface area contributed by atoms with Gasteiger partial charge >= 0.3 is 0 Å². The van der Waals surface area contributed by atoms with Gasteiger partial charge in [-0.1, -0.05) is 86.3 Å². The second-order valence-electron chi connectivity index (χ2n) is 17.3. The molecule has 4 nitrogen and oxygen atoms in total. The summed E-state index contributed by atoms with van der Waals surface area (Å²) in [6, 6.07) is 22.7. The van der Waals surface area contributed by atoms with E-state index in [1.165, 1.54) is 126 Å². The predicted molar refractivity (Wildman–Crippen MR) is 226 cm³/mol. The van der Waals surface area contributed by atoms with Crippen molar-refractivity contribution in [2.24, 2.45) is 20.0 Å². The van der Waals surface area contributed by atoms with Gasteiger partial charge in [0.05, 0.1) is 24.0 Å². The third-order valence-electron chi connectivity index (χ3n) is 13.0. The molecule has 3 aliphatic carbocycles. The number of aryl methyl sites for hydroxylation is 4. The van der Waals surface area contributed by atoms with E-state index < -0.39 is 0 Å². The number of hydrogen-bond acceptors (Lipinski definition) is 2. The SMILES string of the molecule is Cc1cc(C)c(C)c(-c2cnc3c([n+]2C)Cc2c(CC(C)C)cccc2-3)c1.Cc1cc(C)c(C)c(-c2cnc3c([n+]2C)Cc2c-3cccc2C2CCCC2)c1. The first-order valence-corrected chi connectivity index (χ1v) is 20.6. The Kier molecular flexibility index (Phi) is 9.82. The molecule has 0 amide bonds. The van der Waals surface area contributed by atoms with Crippen LogP contribution in [0.3, 0.4) is 0 Å². The predicted octanol–water partition coefficient (Wildman–Crippen LogP) is 11.0. The van der Waals surface area contributed by atoms with Crippen molar-refractivity contribution in [2.45, 2.75) is 106 Å². The molecule has 4 heteroatoms. The number of rotatable bonds is 5. The maximum atomic E-state index is 4.99. The largest absolute Gasteiger partial charge is 0.243 e. The quantitative estimate of drug-likeness (QED) is 0.166. The van der Waals surface area contributed by atoms with Gasteiger partial charge in [-0.2, -0.15) is 9.13 Å². The number of benzene rings is 4. The summed E-state index contributed by atoms with van der Waals surface area (Å²) in [7, 11) is 4.41. The summed E-state index contributed by atoms with van der Waals surface area (Å²) in [5, 5.41) is 0. The molecule has 0 bridgehead atoms. The summed E-state index contributed by atoms with van der Waals surface area (Å²) in [4.78, 5) is 9.92. The van der Waals surface area contributed by atoms with E-state index in [1.807, 2.05) is 0 Å². The monoisotopic (exact) mass is 726 g/mol. The zero-order valence-electron chi connectivity index (χ0n) is 34.8. The van der Waals surface area contributed by atoms with Crippen LogP contribution in [0.15, 0.2) is 73.1 Å². The number of aromatic nitrogens is 4. The Balaban J connectivity index is 0.000000155. The molecule has 0 atom stereocenters. The molecule has 9 rings (SSSR count). The Labute approximate surface area is 329 Å². The summed E-state index contributed by atoms with van der Waals surface area (Å²) in [5.41, 5.74) is 26.8. The van der Waals surface area contributed by atoms with Gasteiger partial charge in [0.1, 0.15) is 37.9 Å². The first kappa shape index (κ1) is 37.0. The van der Waals surface area contributed by atoms with Crippen LogP contribution in [0.25, 0.3) is 45.0 Å². The van der Waals surface area contributed by atoms with Crippen molar-refractivity contribution < 1.29 is 9.13 Å². The Morgan fingerprint density at radius 3 is 1.64 bits per heavy atom.